The Hall–Kier alpha value is -0.900. The summed E-state index contributed by atoms with van der Waals surface area (Å²) in [6, 6.07) is 8.39. The maximum absolute atomic E-state index is 10.6. The third kappa shape index (κ3) is 2.68. The van der Waals surface area contributed by atoms with Crippen molar-refractivity contribution in [3.8, 4) is 0 Å². The van der Waals surface area contributed by atoms with Crippen molar-refractivity contribution < 1.29 is 5.11 Å². The lowest BCUT2D eigenvalue weighted by Crippen LogP contribution is -2.40. The van der Waals surface area contributed by atoms with Gasteiger partial charge in [-0.2, -0.15) is 0 Å². The van der Waals surface area contributed by atoms with Crippen molar-refractivity contribution >= 4 is 0 Å². The van der Waals surface area contributed by atoms with Gasteiger partial charge in [-0.05, 0) is 37.6 Å². The quantitative estimate of drug-likeness (QED) is 0.678. The van der Waals surface area contributed by atoms with Crippen molar-refractivity contribution in [3.63, 3.8) is 0 Å². The Morgan fingerprint density at radius 2 is 2.24 bits per heavy atom. The van der Waals surface area contributed by atoms with Gasteiger partial charge in [-0.15, -0.1) is 0 Å². The van der Waals surface area contributed by atoms with Gasteiger partial charge < -0.3 is 15.7 Å². The van der Waals surface area contributed by atoms with Gasteiger partial charge >= 0.3 is 0 Å². The average molecular weight is 234 g/mol. The Labute approximate surface area is 103 Å². The van der Waals surface area contributed by atoms with Crippen LogP contribution in [-0.4, -0.2) is 23.8 Å². The summed E-state index contributed by atoms with van der Waals surface area (Å²) >= 11 is 0. The molecule has 0 radical (unpaired) electrons. The Morgan fingerprint density at radius 1 is 1.47 bits per heavy atom. The van der Waals surface area contributed by atoms with E-state index in [1.54, 1.807) is 0 Å². The monoisotopic (exact) mass is 234 g/mol. The van der Waals surface area contributed by atoms with Crippen molar-refractivity contribution in [1.82, 2.24) is 10.6 Å². The largest absolute Gasteiger partial charge is 0.388 e. The highest BCUT2D eigenvalue weighted by molar-refractivity contribution is 5.35. The predicted octanol–water partition coefficient (Wildman–Crippen LogP) is 1.58. The first-order valence-corrected chi connectivity index (χ1v) is 6.39. The molecule has 1 aromatic rings. The lowest BCUT2D eigenvalue weighted by atomic mass is 9.88. The molecule has 1 aliphatic rings. The van der Waals surface area contributed by atoms with Crippen LogP contribution in [0.4, 0.5) is 0 Å². The van der Waals surface area contributed by atoms with Crippen LogP contribution in [0.15, 0.2) is 24.3 Å². The van der Waals surface area contributed by atoms with E-state index in [4.69, 9.17) is 0 Å². The van der Waals surface area contributed by atoms with Gasteiger partial charge in [0.1, 0.15) is 0 Å². The maximum atomic E-state index is 10.6. The van der Waals surface area contributed by atoms with Gasteiger partial charge in [0, 0.05) is 6.54 Å². The molecule has 0 bridgehead atoms. The minimum Gasteiger partial charge on any atom is -0.388 e. The van der Waals surface area contributed by atoms with Gasteiger partial charge in [-0.25, -0.2) is 0 Å². The molecular formula is C14H22N2O. The topological polar surface area (TPSA) is 44.3 Å². The highest BCUT2D eigenvalue weighted by atomic mass is 16.3. The zero-order chi connectivity index (χ0) is 12.3. The SMILES string of the molecule is CCNCCC(C)(O)C1NCc2ccccc21. The molecule has 2 unspecified atom stereocenters. The molecule has 94 valence electrons. The van der Waals surface area contributed by atoms with E-state index in [1.165, 1.54) is 11.1 Å². The van der Waals surface area contributed by atoms with Crippen molar-refractivity contribution in [2.75, 3.05) is 13.1 Å². The van der Waals surface area contributed by atoms with Crippen molar-refractivity contribution in [3.05, 3.63) is 35.4 Å². The Kier molecular flexibility index (Phi) is 3.82. The number of benzene rings is 1. The van der Waals surface area contributed by atoms with E-state index in [2.05, 4.69) is 35.8 Å². The van der Waals surface area contributed by atoms with E-state index in [0.717, 1.165) is 26.1 Å². The van der Waals surface area contributed by atoms with Crippen LogP contribution < -0.4 is 10.6 Å². The average Bonchev–Trinajstić information content (AvgIpc) is 2.73. The van der Waals surface area contributed by atoms with Crippen LogP contribution in [0.25, 0.3) is 0 Å². The van der Waals surface area contributed by atoms with Gasteiger partial charge in [-0.1, -0.05) is 31.2 Å². The summed E-state index contributed by atoms with van der Waals surface area (Å²) in [5.41, 5.74) is 1.85. The van der Waals surface area contributed by atoms with Crippen LogP contribution in [0.1, 0.15) is 37.4 Å². The first-order chi connectivity index (χ1) is 8.15. The van der Waals surface area contributed by atoms with E-state index in [-0.39, 0.29) is 6.04 Å². The molecule has 1 aromatic carbocycles. The van der Waals surface area contributed by atoms with Gasteiger partial charge in [-0.3, -0.25) is 0 Å². The molecule has 0 saturated heterocycles. The molecule has 2 rings (SSSR count). The van der Waals surface area contributed by atoms with Gasteiger partial charge in [0.05, 0.1) is 11.6 Å². The number of hydrogen-bond acceptors (Lipinski definition) is 3. The van der Waals surface area contributed by atoms with Crippen LogP contribution in [0.3, 0.4) is 0 Å². The van der Waals surface area contributed by atoms with Crippen LogP contribution in [0, 0.1) is 0 Å². The second kappa shape index (κ2) is 5.17. The third-order valence-electron chi connectivity index (χ3n) is 3.54. The molecule has 0 fully saturated rings. The lowest BCUT2D eigenvalue weighted by Gasteiger charge is -2.31. The predicted molar refractivity (Wildman–Crippen MR) is 69.8 cm³/mol. The molecule has 1 aliphatic heterocycles. The van der Waals surface area contributed by atoms with Crippen LogP contribution >= 0.6 is 0 Å². The molecule has 0 saturated carbocycles. The summed E-state index contributed by atoms with van der Waals surface area (Å²) in [7, 11) is 0. The fraction of sp³-hybridized carbons (Fsp3) is 0.571. The minimum atomic E-state index is -0.700. The van der Waals surface area contributed by atoms with Gasteiger partial charge in [0.25, 0.3) is 0 Å². The molecule has 3 nitrogen and oxygen atoms in total. The standard InChI is InChI=1S/C14H22N2O/c1-3-15-9-8-14(2,17)13-12-7-5-4-6-11(12)10-16-13/h4-7,13,15-17H,3,8-10H2,1-2H3. The normalized spacial score (nSPS) is 22.2. The molecule has 0 spiro atoms. The number of fused-ring (bicyclic) bond motifs is 1. The number of rotatable bonds is 5. The molecule has 3 heteroatoms. The first-order valence-electron chi connectivity index (χ1n) is 6.39. The van der Waals surface area contributed by atoms with E-state index >= 15 is 0 Å². The van der Waals surface area contributed by atoms with Crippen molar-refractivity contribution in [2.45, 2.75) is 38.5 Å². The third-order valence-corrected chi connectivity index (χ3v) is 3.54. The fourth-order valence-electron chi connectivity index (χ4n) is 2.52. The molecule has 0 aromatic heterocycles. The van der Waals surface area contributed by atoms with E-state index in [0.29, 0.717) is 0 Å². The van der Waals surface area contributed by atoms with E-state index in [9.17, 15) is 5.11 Å². The summed E-state index contributed by atoms with van der Waals surface area (Å²) in [4.78, 5) is 0. The number of aliphatic hydroxyl groups is 1. The minimum absolute atomic E-state index is 0.0531. The summed E-state index contributed by atoms with van der Waals surface area (Å²) in [6.45, 7) is 6.66. The summed E-state index contributed by atoms with van der Waals surface area (Å²) in [6.07, 6.45) is 0.757. The van der Waals surface area contributed by atoms with Crippen molar-refractivity contribution in [1.29, 1.82) is 0 Å². The van der Waals surface area contributed by atoms with Gasteiger partial charge in [0.2, 0.25) is 0 Å². The van der Waals surface area contributed by atoms with Crippen LogP contribution in [0.5, 0.6) is 0 Å². The molecule has 0 amide bonds. The molecule has 0 aliphatic carbocycles. The number of hydrogen-bond donors (Lipinski definition) is 3. The zero-order valence-corrected chi connectivity index (χ0v) is 10.7. The summed E-state index contributed by atoms with van der Waals surface area (Å²) in [5, 5.41) is 17.3. The van der Waals surface area contributed by atoms with E-state index in [1.807, 2.05) is 13.0 Å². The maximum Gasteiger partial charge on any atom is 0.0825 e. The van der Waals surface area contributed by atoms with Gasteiger partial charge in [0.15, 0.2) is 0 Å². The Bertz CT molecular complexity index is 376. The second-order valence-corrected chi connectivity index (χ2v) is 4.97. The lowest BCUT2D eigenvalue weighted by molar-refractivity contribution is 0.0142. The van der Waals surface area contributed by atoms with Crippen LogP contribution in [-0.2, 0) is 6.54 Å². The second-order valence-electron chi connectivity index (χ2n) is 4.97. The molecule has 2 atom stereocenters. The fourth-order valence-corrected chi connectivity index (χ4v) is 2.52. The summed E-state index contributed by atoms with van der Waals surface area (Å²) < 4.78 is 0. The molecular weight excluding hydrogens is 212 g/mol. The highest BCUT2D eigenvalue weighted by Crippen LogP contribution is 2.34. The Morgan fingerprint density at radius 3 is 3.00 bits per heavy atom. The highest BCUT2D eigenvalue weighted by Gasteiger charge is 2.36. The van der Waals surface area contributed by atoms with Crippen molar-refractivity contribution in [2.24, 2.45) is 0 Å². The van der Waals surface area contributed by atoms with E-state index < -0.39 is 5.60 Å². The molecule has 3 N–H and O–H groups in total. The smallest absolute Gasteiger partial charge is 0.0825 e. The first kappa shape index (κ1) is 12.6. The van der Waals surface area contributed by atoms with Crippen LogP contribution in [0.2, 0.25) is 0 Å². The molecule has 17 heavy (non-hydrogen) atoms. The number of nitrogens with one attached hydrogen (secondary N) is 2. The zero-order valence-electron chi connectivity index (χ0n) is 10.7. The Balaban J connectivity index is 2.08. The molecule has 1 heterocycles. The summed E-state index contributed by atoms with van der Waals surface area (Å²) in [5.74, 6) is 0.